The topological polar surface area (TPSA) is 327 Å². The fourth-order valence-electron chi connectivity index (χ4n) is 6.23. The Morgan fingerprint density at radius 1 is 0.528 bits per heavy atom. The van der Waals surface area contributed by atoms with E-state index in [4.69, 9.17) is 22.9 Å². The van der Waals surface area contributed by atoms with Crippen molar-refractivity contribution in [1.29, 1.82) is 0 Å². The van der Waals surface area contributed by atoms with Crippen LogP contribution >= 0.6 is 23.5 Å². The molecule has 0 saturated heterocycles. The first-order valence-corrected chi connectivity index (χ1v) is 24.0. The standard InChI is InChI=1S/C44H58F6N14O6S2/c1-55-23-35(67)57-14-16-71-37-29(61-33(65)10-3-5-12-59-41(51)52)19-27(43(45,46)47)21-31(37)63-39(69)25-8-7-9-26(18-25)40(70)64-32-22-28(44(48,49)50)20-30(38(32)72-17-15-58-36(68)24-56-2)62-34(66)11-4-6-13-60-42(53)54/h7-9,18-22,55-56H,3-6,10-17,23-24H2,1-2H3,(H,57,67)(H,58,68)(H,61,65)(H,62,66)(H,63,69)(H,64,70)(H4,51,52,59)(H4,53,54,60). The van der Waals surface area contributed by atoms with Gasteiger partial charge < -0.3 is 65.5 Å². The molecule has 0 saturated carbocycles. The van der Waals surface area contributed by atoms with Crippen molar-refractivity contribution >= 4 is 93.6 Å². The number of carbonyl (C=O) groups excluding carboxylic acids is 6. The molecule has 3 aromatic rings. The zero-order chi connectivity index (χ0) is 53.4. The second kappa shape index (κ2) is 29.5. The number of rotatable bonds is 28. The van der Waals surface area contributed by atoms with Crippen LogP contribution in [-0.2, 0) is 31.5 Å². The van der Waals surface area contributed by atoms with Crippen molar-refractivity contribution in [2.45, 2.75) is 60.7 Å². The Hall–Kier alpha value is -6.78. The smallest absolute Gasteiger partial charge is 0.370 e. The van der Waals surface area contributed by atoms with Gasteiger partial charge >= 0.3 is 12.4 Å². The number of alkyl halides is 6. The van der Waals surface area contributed by atoms with E-state index in [2.05, 4.69) is 52.5 Å². The average Bonchev–Trinajstić information content (AvgIpc) is 3.29. The van der Waals surface area contributed by atoms with Crippen molar-refractivity contribution in [3.05, 3.63) is 70.8 Å². The number of thioether (sulfide) groups is 2. The quantitative estimate of drug-likeness (QED) is 0.0162. The van der Waals surface area contributed by atoms with Crippen LogP contribution in [0.3, 0.4) is 0 Å². The summed E-state index contributed by atoms with van der Waals surface area (Å²) in [7, 11) is 3.11. The van der Waals surface area contributed by atoms with E-state index in [0.717, 1.165) is 29.6 Å². The molecular weight excluding hydrogens is 999 g/mol. The van der Waals surface area contributed by atoms with Gasteiger partial charge in [-0.05, 0) is 82.2 Å². The third kappa shape index (κ3) is 21.3. The van der Waals surface area contributed by atoms with Gasteiger partial charge in [0.15, 0.2) is 11.9 Å². The van der Waals surface area contributed by atoms with Crippen LogP contribution in [0.15, 0.2) is 68.3 Å². The van der Waals surface area contributed by atoms with Gasteiger partial charge in [0.25, 0.3) is 11.8 Å². The summed E-state index contributed by atoms with van der Waals surface area (Å²) < 4.78 is 86.4. The number of nitrogens with two attached hydrogens (primary N) is 4. The van der Waals surface area contributed by atoms with Gasteiger partial charge in [-0.3, -0.25) is 38.8 Å². The molecule has 20 nitrogen and oxygen atoms in total. The molecule has 394 valence electrons. The van der Waals surface area contributed by atoms with Crippen molar-refractivity contribution in [2.24, 2.45) is 32.9 Å². The zero-order valence-corrected chi connectivity index (χ0v) is 40.9. The van der Waals surface area contributed by atoms with E-state index < -0.39 is 58.5 Å². The molecule has 6 amide bonds. The van der Waals surface area contributed by atoms with Crippen LogP contribution in [0, 0.1) is 0 Å². The summed E-state index contributed by atoms with van der Waals surface area (Å²) in [5, 5.41) is 20.5. The number of hydrogen-bond acceptors (Lipinski definition) is 12. The van der Waals surface area contributed by atoms with Crippen LogP contribution in [0.5, 0.6) is 0 Å². The number of carbonyl (C=O) groups is 6. The molecule has 0 fully saturated rings. The number of guanidine groups is 2. The molecule has 0 aliphatic rings. The zero-order valence-electron chi connectivity index (χ0n) is 39.3. The molecule has 0 aliphatic carbocycles. The minimum Gasteiger partial charge on any atom is -0.370 e. The van der Waals surface area contributed by atoms with Crippen molar-refractivity contribution in [2.75, 3.05) is 86.1 Å². The first kappa shape index (κ1) is 59.5. The molecule has 72 heavy (non-hydrogen) atoms. The summed E-state index contributed by atoms with van der Waals surface area (Å²) in [5.74, 6) is -4.30. The van der Waals surface area contributed by atoms with Gasteiger partial charge in [0.2, 0.25) is 23.6 Å². The van der Waals surface area contributed by atoms with E-state index in [0.29, 0.717) is 37.1 Å². The fraction of sp³-hybridized carbons (Fsp3) is 0.409. The lowest BCUT2D eigenvalue weighted by Crippen LogP contribution is -2.33. The van der Waals surface area contributed by atoms with Crippen molar-refractivity contribution < 1.29 is 55.1 Å². The van der Waals surface area contributed by atoms with Crippen molar-refractivity contribution in [3.8, 4) is 0 Å². The Morgan fingerprint density at radius 2 is 0.889 bits per heavy atom. The highest BCUT2D eigenvalue weighted by Crippen LogP contribution is 2.43. The van der Waals surface area contributed by atoms with Gasteiger partial charge in [-0.15, -0.1) is 23.5 Å². The highest BCUT2D eigenvalue weighted by atomic mass is 32.2. The molecule has 0 radical (unpaired) electrons. The molecule has 16 N–H and O–H groups in total. The number of nitrogens with one attached hydrogen (secondary N) is 8. The van der Waals surface area contributed by atoms with Gasteiger partial charge in [0, 0.05) is 61.7 Å². The summed E-state index contributed by atoms with van der Waals surface area (Å²) in [6.07, 6.45) is -8.93. The normalized spacial score (nSPS) is 11.2. The van der Waals surface area contributed by atoms with E-state index in [-0.39, 0.29) is 132 Å². The minimum absolute atomic E-state index is 0.00743. The fourth-order valence-corrected chi connectivity index (χ4v) is 8.11. The molecule has 28 heteroatoms. The summed E-state index contributed by atoms with van der Waals surface area (Å²) in [6, 6.07) is 7.49. The predicted molar refractivity (Wildman–Crippen MR) is 267 cm³/mol. The highest BCUT2D eigenvalue weighted by molar-refractivity contribution is 7.99. The monoisotopic (exact) mass is 1060 g/mol. The average molecular weight is 1060 g/mol. The SMILES string of the molecule is CNCC(=O)NCCSc1c(NC(=O)CCCCN=C(N)N)cc(C(F)(F)F)cc1NC(=O)c1cccc(C(=O)Nc2cc(C(F)(F)F)cc(NC(=O)CCCCN=C(N)N)c2SCCNC(=O)CNC)c1. The largest absolute Gasteiger partial charge is 0.416 e. The molecule has 0 atom stereocenters. The van der Waals surface area contributed by atoms with E-state index in [1.165, 1.54) is 18.2 Å². The highest BCUT2D eigenvalue weighted by Gasteiger charge is 2.34. The Kier molecular flexibility index (Phi) is 24.4. The van der Waals surface area contributed by atoms with Crippen LogP contribution < -0.4 is 65.5 Å². The Bertz CT molecular complexity index is 2270. The van der Waals surface area contributed by atoms with Crippen LogP contribution in [0.2, 0.25) is 0 Å². The van der Waals surface area contributed by atoms with Gasteiger partial charge in [0.05, 0.1) is 56.8 Å². The molecule has 0 aromatic heterocycles. The minimum atomic E-state index is -4.97. The maximum atomic E-state index is 14.4. The molecule has 0 unspecified atom stereocenters. The van der Waals surface area contributed by atoms with Crippen LogP contribution in [0.1, 0.15) is 70.4 Å². The van der Waals surface area contributed by atoms with Crippen molar-refractivity contribution in [1.82, 2.24) is 21.3 Å². The number of unbranched alkanes of at least 4 members (excludes halogenated alkanes) is 2. The second-order valence-corrected chi connectivity index (χ2v) is 17.6. The molecular formula is C44H58F6N14O6S2. The maximum absolute atomic E-state index is 14.4. The molecule has 0 aliphatic heterocycles. The van der Waals surface area contributed by atoms with E-state index in [9.17, 15) is 55.1 Å². The molecule has 3 aromatic carbocycles. The first-order chi connectivity index (χ1) is 34.0. The van der Waals surface area contributed by atoms with E-state index >= 15 is 0 Å². The third-order valence-corrected chi connectivity index (χ3v) is 11.8. The van der Waals surface area contributed by atoms with E-state index in [1.54, 1.807) is 14.1 Å². The van der Waals surface area contributed by atoms with Crippen LogP contribution in [-0.4, -0.2) is 112 Å². The number of anilines is 4. The van der Waals surface area contributed by atoms with Crippen LogP contribution in [0.4, 0.5) is 49.1 Å². The van der Waals surface area contributed by atoms with Crippen LogP contribution in [0.25, 0.3) is 0 Å². The maximum Gasteiger partial charge on any atom is 0.416 e. The number of likely N-dealkylation sites (N-methyl/N-ethyl adjacent to an activating group) is 2. The summed E-state index contributed by atoms with van der Waals surface area (Å²) >= 11 is 1.83. The van der Waals surface area contributed by atoms with Gasteiger partial charge in [-0.2, -0.15) is 26.3 Å². The lowest BCUT2D eigenvalue weighted by atomic mass is 10.1. The summed E-state index contributed by atoms with van der Waals surface area (Å²) in [4.78, 5) is 85.8. The first-order valence-electron chi connectivity index (χ1n) is 22.0. The Balaban J connectivity index is 2.03. The lowest BCUT2D eigenvalue weighted by molar-refractivity contribution is -0.138. The Morgan fingerprint density at radius 3 is 1.22 bits per heavy atom. The number of aliphatic imine (C=N–C) groups is 2. The number of halogens is 6. The number of amides is 6. The molecule has 0 bridgehead atoms. The third-order valence-electron chi connectivity index (χ3n) is 9.49. The summed E-state index contributed by atoms with van der Waals surface area (Å²) in [6.45, 7) is 0.435. The molecule has 3 rings (SSSR count). The number of hydrogen-bond donors (Lipinski definition) is 12. The Labute approximate surface area is 419 Å². The second-order valence-electron chi connectivity index (χ2n) is 15.4. The van der Waals surface area contributed by atoms with Gasteiger partial charge in [-0.25, -0.2) is 0 Å². The van der Waals surface area contributed by atoms with Crippen molar-refractivity contribution in [3.63, 3.8) is 0 Å². The van der Waals surface area contributed by atoms with Gasteiger partial charge in [-0.1, -0.05) is 6.07 Å². The number of nitrogens with zero attached hydrogens (tertiary/aromatic N) is 2. The van der Waals surface area contributed by atoms with E-state index in [1.807, 2.05) is 0 Å². The predicted octanol–water partition coefficient (Wildman–Crippen LogP) is 3.85. The number of benzene rings is 3. The molecule has 0 spiro atoms. The lowest BCUT2D eigenvalue weighted by Gasteiger charge is -2.20. The molecule has 0 heterocycles. The van der Waals surface area contributed by atoms with Gasteiger partial charge in [0.1, 0.15) is 0 Å². The summed E-state index contributed by atoms with van der Waals surface area (Å²) in [5.41, 5.74) is 16.9.